The van der Waals surface area contributed by atoms with Gasteiger partial charge in [-0.3, -0.25) is 0 Å². The number of nitrogens with one attached hydrogen (secondary N) is 1. The molecule has 54 valence electrons. The highest BCUT2D eigenvalue weighted by atomic mass is 32.2. The maximum atomic E-state index is 3.37. The van der Waals surface area contributed by atoms with Gasteiger partial charge in [0.25, 0.3) is 0 Å². The molecule has 1 heterocycles. The van der Waals surface area contributed by atoms with E-state index in [0.717, 1.165) is 11.8 Å². The Morgan fingerprint density at radius 2 is 2.60 bits per heavy atom. The van der Waals surface area contributed by atoms with Crippen LogP contribution < -0.4 is 5.32 Å². The molecule has 0 saturated carbocycles. The minimum Gasteiger partial charge on any atom is -0.307 e. The van der Waals surface area contributed by atoms with E-state index in [9.17, 15) is 0 Å². The van der Waals surface area contributed by atoms with Crippen LogP contribution in [-0.4, -0.2) is 12.4 Å². The molecular weight excluding hydrogens is 142 g/mol. The van der Waals surface area contributed by atoms with Gasteiger partial charge in [0, 0.05) is 18.3 Å². The van der Waals surface area contributed by atoms with Crippen molar-refractivity contribution in [2.75, 3.05) is 12.4 Å². The predicted molar refractivity (Wildman–Crippen MR) is 45.8 cm³/mol. The van der Waals surface area contributed by atoms with Gasteiger partial charge in [0.15, 0.2) is 0 Å². The van der Waals surface area contributed by atoms with Crippen molar-refractivity contribution in [1.82, 2.24) is 5.32 Å². The number of thioether (sulfide) groups is 1. The van der Waals surface area contributed by atoms with Crippen LogP contribution in [0.1, 0.15) is 6.42 Å². The molecule has 2 aliphatic rings. The minimum atomic E-state index is 0.781. The van der Waals surface area contributed by atoms with Crippen LogP contribution in [0.25, 0.3) is 0 Å². The van der Waals surface area contributed by atoms with E-state index in [2.05, 4.69) is 23.5 Å². The molecule has 10 heavy (non-hydrogen) atoms. The molecule has 2 heteroatoms. The second kappa shape index (κ2) is 2.81. The van der Waals surface area contributed by atoms with Crippen molar-refractivity contribution >= 4 is 11.8 Å². The Kier molecular flexibility index (Phi) is 1.82. The fourth-order valence-electron chi connectivity index (χ4n) is 1.38. The largest absolute Gasteiger partial charge is 0.307 e. The maximum Gasteiger partial charge on any atom is 0.0462 e. The molecule has 1 aliphatic heterocycles. The summed E-state index contributed by atoms with van der Waals surface area (Å²) in [7, 11) is 0. The van der Waals surface area contributed by atoms with Crippen LogP contribution in [0.2, 0.25) is 0 Å². The van der Waals surface area contributed by atoms with E-state index < -0.39 is 0 Å². The molecule has 1 unspecified atom stereocenters. The Morgan fingerprint density at radius 1 is 1.60 bits per heavy atom. The lowest BCUT2D eigenvalue weighted by Crippen LogP contribution is -2.28. The maximum absolute atomic E-state index is 3.37. The number of fused-ring (bicyclic) bond motifs is 1. The van der Waals surface area contributed by atoms with E-state index in [1.54, 1.807) is 4.91 Å². The van der Waals surface area contributed by atoms with E-state index in [4.69, 9.17) is 0 Å². The van der Waals surface area contributed by atoms with Gasteiger partial charge in [-0.25, -0.2) is 0 Å². The first-order valence-corrected chi connectivity index (χ1v) is 4.65. The summed E-state index contributed by atoms with van der Waals surface area (Å²) in [4.78, 5) is 1.57. The topological polar surface area (TPSA) is 12.0 Å². The zero-order chi connectivity index (χ0) is 6.81. The summed E-state index contributed by atoms with van der Waals surface area (Å²) in [5.41, 5.74) is 0. The molecule has 1 N–H and O–H groups in total. The van der Waals surface area contributed by atoms with Crippen LogP contribution in [-0.2, 0) is 0 Å². The molecule has 1 atom stereocenters. The summed E-state index contributed by atoms with van der Waals surface area (Å²) < 4.78 is 0. The summed E-state index contributed by atoms with van der Waals surface area (Å²) in [5.74, 6) is 1.87. The molecular formula is C8H11NS. The lowest BCUT2D eigenvalue weighted by molar-refractivity contribution is 0.574. The third-order valence-electron chi connectivity index (χ3n) is 1.95. The van der Waals surface area contributed by atoms with Crippen LogP contribution in [0.5, 0.6) is 0 Å². The third kappa shape index (κ3) is 1.13. The SMILES string of the molecule is C1=CCC2CNCSC2=C1. The Labute approximate surface area is 65.6 Å². The zero-order valence-electron chi connectivity index (χ0n) is 5.84. The molecule has 0 radical (unpaired) electrons. The molecule has 0 spiro atoms. The van der Waals surface area contributed by atoms with Crippen LogP contribution in [0, 0.1) is 5.92 Å². The lowest BCUT2D eigenvalue weighted by atomic mass is 10.0. The van der Waals surface area contributed by atoms with E-state index >= 15 is 0 Å². The summed E-state index contributed by atoms with van der Waals surface area (Å²) in [6.45, 7) is 1.17. The van der Waals surface area contributed by atoms with Gasteiger partial charge in [0.2, 0.25) is 0 Å². The first-order chi connectivity index (χ1) is 4.97. The highest BCUT2D eigenvalue weighted by Crippen LogP contribution is 2.31. The third-order valence-corrected chi connectivity index (χ3v) is 3.10. The Hall–Kier alpha value is -0.210. The van der Waals surface area contributed by atoms with Gasteiger partial charge in [0.05, 0.1) is 0 Å². The molecule has 2 rings (SSSR count). The van der Waals surface area contributed by atoms with E-state index in [1.807, 2.05) is 11.8 Å². The summed E-state index contributed by atoms with van der Waals surface area (Å²) >= 11 is 1.95. The Morgan fingerprint density at radius 3 is 3.50 bits per heavy atom. The van der Waals surface area contributed by atoms with E-state index in [-0.39, 0.29) is 0 Å². The monoisotopic (exact) mass is 153 g/mol. The van der Waals surface area contributed by atoms with Gasteiger partial charge < -0.3 is 5.32 Å². The Balaban J connectivity index is 2.14. The van der Waals surface area contributed by atoms with Crippen molar-refractivity contribution < 1.29 is 0 Å². The van der Waals surface area contributed by atoms with Gasteiger partial charge in [-0.1, -0.05) is 18.2 Å². The van der Waals surface area contributed by atoms with Crippen LogP contribution >= 0.6 is 11.8 Å². The molecule has 0 aromatic heterocycles. The van der Waals surface area contributed by atoms with Crippen molar-refractivity contribution in [3.63, 3.8) is 0 Å². The Bertz CT molecular complexity index is 184. The predicted octanol–water partition coefficient (Wildman–Crippen LogP) is 1.74. The second-order valence-electron chi connectivity index (χ2n) is 2.67. The number of hydrogen-bond acceptors (Lipinski definition) is 2. The molecule has 0 aromatic rings. The van der Waals surface area contributed by atoms with Crippen LogP contribution in [0.15, 0.2) is 23.1 Å². The van der Waals surface area contributed by atoms with Crippen LogP contribution in [0.4, 0.5) is 0 Å². The second-order valence-corrected chi connectivity index (χ2v) is 3.72. The molecule has 0 amide bonds. The quantitative estimate of drug-likeness (QED) is 0.569. The van der Waals surface area contributed by atoms with Crippen LogP contribution in [0.3, 0.4) is 0 Å². The molecule has 0 aromatic carbocycles. The van der Waals surface area contributed by atoms with Gasteiger partial charge in [-0.15, -0.1) is 11.8 Å². The smallest absolute Gasteiger partial charge is 0.0462 e. The number of rotatable bonds is 0. The highest BCUT2D eigenvalue weighted by molar-refractivity contribution is 8.03. The molecule has 1 saturated heterocycles. The van der Waals surface area contributed by atoms with Crippen molar-refractivity contribution in [2.24, 2.45) is 5.92 Å². The van der Waals surface area contributed by atoms with Gasteiger partial charge in [-0.05, 0) is 11.3 Å². The summed E-state index contributed by atoms with van der Waals surface area (Å²) in [5, 5.41) is 3.37. The first-order valence-electron chi connectivity index (χ1n) is 3.67. The highest BCUT2D eigenvalue weighted by Gasteiger charge is 2.18. The number of hydrogen-bond donors (Lipinski definition) is 1. The first kappa shape index (κ1) is 6.50. The van der Waals surface area contributed by atoms with Gasteiger partial charge in [0.1, 0.15) is 0 Å². The fraction of sp³-hybridized carbons (Fsp3) is 0.500. The van der Waals surface area contributed by atoms with Crippen molar-refractivity contribution in [1.29, 1.82) is 0 Å². The lowest BCUT2D eigenvalue weighted by Gasteiger charge is -2.26. The van der Waals surface area contributed by atoms with Crippen molar-refractivity contribution in [2.45, 2.75) is 6.42 Å². The van der Waals surface area contributed by atoms with Crippen molar-refractivity contribution in [3.05, 3.63) is 23.1 Å². The van der Waals surface area contributed by atoms with E-state index in [1.165, 1.54) is 13.0 Å². The summed E-state index contributed by atoms with van der Waals surface area (Å²) in [6.07, 6.45) is 7.90. The normalized spacial score (nSPS) is 31.2. The number of allylic oxidation sites excluding steroid dienone is 3. The van der Waals surface area contributed by atoms with E-state index in [0.29, 0.717) is 0 Å². The standard InChI is InChI=1S/C8H11NS/c1-2-4-8-7(3-1)5-9-6-10-8/h1-2,4,7,9H,3,5-6H2. The zero-order valence-corrected chi connectivity index (χ0v) is 6.66. The van der Waals surface area contributed by atoms with Gasteiger partial charge in [-0.2, -0.15) is 0 Å². The fourth-order valence-corrected chi connectivity index (χ4v) is 2.35. The average molecular weight is 153 g/mol. The average Bonchev–Trinajstić information content (AvgIpc) is 2.05. The molecule has 1 fully saturated rings. The summed E-state index contributed by atoms with van der Waals surface area (Å²) in [6, 6.07) is 0. The van der Waals surface area contributed by atoms with Gasteiger partial charge >= 0.3 is 0 Å². The molecule has 1 aliphatic carbocycles. The minimum absolute atomic E-state index is 0.781. The molecule has 1 nitrogen and oxygen atoms in total. The molecule has 0 bridgehead atoms. The van der Waals surface area contributed by atoms with Crippen molar-refractivity contribution in [3.8, 4) is 0 Å².